The minimum Gasteiger partial charge on any atom is -0.453 e. The lowest BCUT2D eigenvalue weighted by Crippen LogP contribution is -2.54. The standard InChI is InChI=1S/C24H28BrN3O4/c1-15(2)21(27-24(31)32-3)23(30)28-14-4-5-20(28)22(29)26-19-12-8-17(9-13-19)16-6-10-18(25)11-7-16/h6-13,15,20-21H,4-5,14H2,1-3H3,(H,26,29)(H,27,31). The molecule has 1 heterocycles. The van der Waals surface area contributed by atoms with Gasteiger partial charge in [0, 0.05) is 16.7 Å². The molecule has 0 radical (unpaired) electrons. The molecule has 0 aliphatic carbocycles. The Kier molecular flexibility index (Phi) is 7.90. The molecule has 8 heteroatoms. The first-order valence-electron chi connectivity index (χ1n) is 10.6. The molecule has 170 valence electrons. The van der Waals surface area contributed by atoms with Crippen LogP contribution in [-0.4, -0.2) is 48.5 Å². The Morgan fingerprint density at radius 1 is 1.03 bits per heavy atom. The Bertz CT molecular complexity index is 960. The van der Waals surface area contributed by atoms with Crippen molar-refractivity contribution in [2.24, 2.45) is 5.92 Å². The van der Waals surface area contributed by atoms with Crippen LogP contribution in [-0.2, 0) is 14.3 Å². The fourth-order valence-corrected chi connectivity index (χ4v) is 4.06. The number of benzene rings is 2. The van der Waals surface area contributed by atoms with E-state index in [1.54, 1.807) is 4.90 Å². The van der Waals surface area contributed by atoms with Crippen molar-refractivity contribution in [2.75, 3.05) is 19.0 Å². The van der Waals surface area contributed by atoms with Gasteiger partial charge in [0.15, 0.2) is 0 Å². The number of nitrogens with one attached hydrogen (secondary N) is 2. The molecule has 0 saturated carbocycles. The highest BCUT2D eigenvalue weighted by Gasteiger charge is 2.38. The first kappa shape index (κ1) is 23.8. The number of ether oxygens (including phenoxy) is 1. The third kappa shape index (κ3) is 5.68. The number of methoxy groups -OCH3 is 1. The fraction of sp³-hybridized carbons (Fsp3) is 0.375. The van der Waals surface area contributed by atoms with Gasteiger partial charge in [0.25, 0.3) is 0 Å². The highest BCUT2D eigenvalue weighted by atomic mass is 79.9. The van der Waals surface area contributed by atoms with Gasteiger partial charge in [0.2, 0.25) is 11.8 Å². The number of rotatable bonds is 6. The summed E-state index contributed by atoms with van der Waals surface area (Å²) in [6.45, 7) is 4.17. The molecular formula is C24H28BrN3O4. The third-order valence-corrected chi connectivity index (χ3v) is 6.09. The highest BCUT2D eigenvalue weighted by molar-refractivity contribution is 9.10. The molecule has 0 bridgehead atoms. The average Bonchev–Trinajstić information content (AvgIpc) is 3.28. The van der Waals surface area contributed by atoms with Gasteiger partial charge in [-0.25, -0.2) is 4.79 Å². The number of anilines is 1. The Hall–Kier alpha value is -2.87. The van der Waals surface area contributed by atoms with E-state index < -0.39 is 18.2 Å². The monoisotopic (exact) mass is 501 g/mol. The quantitative estimate of drug-likeness (QED) is 0.612. The molecule has 7 nitrogen and oxygen atoms in total. The lowest BCUT2D eigenvalue weighted by Gasteiger charge is -2.30. The van der Waals surface area contributed by atoms with Crippen molar-refractivity contribution in [2.45, 2.75) is 38.8 Å². The molecular weight excluding hydrogens is 474 g/mol. The summed E-state index contributed by atoms with van der Waals surface area (Å²) in [5.41, 5.74) is 2.79. The SMILES string of the molecule is COC(=O)NC(C(=O)N1CCCC1C(=O)Nc1ccc(-c2ccc(Br)cc2)cc1)C(C)C. The zero-order valence-corrected chi connectivity index (χ0v) is 20.0. The Morgan fingerprint density at radius 3 is 2.19 bits per heavy atom. The van der Waals surface area contributed by atoms with Crippen molar-refractivity contribution in [1.82, 2.24) is 10.2 Å². The molecule has 32 heavy (non-hydrogen) atoms. The molecule has 0 aromatic heterocycles. The zero-order chi connectivity index (χ0) is 23.3. The van der Waals surface area contributed by atoms with Gasteiger partial charge >= 0.3 is 6.09 Å². The Labute approximate surface area is 196 Å². The summed E-state index contributed by atoms with van der Waals surface area (Å²) in [5.74, 6) is -0.640. The van der Waals surface area contributed by atoms with Crippen LogP contribution in [0.4, 0.5) is 10.5 Å². The molecule has 2 aromatic rings. The van der Waals surface area contributed by atoms with E-state index in [1.807, 2.05) is 62.4 Å². The van der Waals surface area contributed by atoms with Crippen LogP contribution in [0.1, 0.15) is 26.7 Å². The molecule has 2 aromatic carbocycles. The van der Waals surface area contributed by atoms with Gasteiger partial charge < -0.3 is 20.3 Å². The largest absolute Gasteiger partial charge is 0.453 e. The van der Waals surface area contributed by atoms with Crippen LogP contribution >= 0.6 is 15.9 Å². The summed E-state index contributed by atoms with van der Waals surface area (Å²) < 4.78 is 5.66. The zero-order valence-electron chi connectivity index (χ0n) is 18.4. The summed E-state index contributed by atoms with van der Waals surface area (Å²) in [6.07, 6.45) is 0.649. The average molecular weight is 502 g/mol. The third-order valence-electron chi connectivity index (χ3n) is 5.56. The number of hydrogen-bond donors (Lipinski definition) is 2. The second-order valence-electron chi connectivity index (χ2n) is 8.12. The number of hydrogen-bond acceptors (Lipinski definition) is 4. The summed E-state index contributed by atoms with van der Waals surface area (Å²) in [6, 6.07) is 14.3. The van der Waals surface area contributed by atoms with Crippen LogP contribution in [0.15, 0.2) is 53.0 Å². The van der Waals surface area contributed by atoms with Crippen LogP contribution < -0.4 is 10.6 Å². The maximum Gasteiger partial charge on any atom is 0.407 e. The molecule has 3 rings (SSSR count). The molecule has 2 unspecified atom stereocenters. The van der Waals surface area contributed by atoms with Crippen LogP contribution in [0.2, 0.25) is 0 Å². The minimum atomic E-state index is -0.749. The van der Waals surface area contributed by atoms with Gasteiger partial charge in [-0.1, -0.05) is 54.0 Å². The summed E-state index contributed by atoms with van der Waals surface area (Å²) in [5, 5.41) is 5.51. The maximum atomic E-state index is 13.1. The van der Waals surface area contributed by atoms with E-state index >= 15 is 0 Å². The van der Waals surface area contributed by atoms with Gasteiger partial charge in [0.1, 0.15) is 12.1 Å². The minimum absolute atomic E-state index is 0.142. The van der Waals surface area contributed by atoms with Crippen molar-refractivity contribution >= 4 is 39.5 Å². The number of carbonyl (C=O) groups excluding carboxylic acids is 3. The predicted molar refractivity (Wildman–Crippen MR) is 127 cm³/mol. The normalized spacial score (nSPS) is 16.5. The van der Waals surface area contributed by atoms with Crippen molar-refractivity contribution < 1.29 is 19.1 Å². The number of alkyl carbamates (subject to hydrolysis) is 1. The molecule has 2 N–H and O–H groups in total. The number of nitrogens with zero attached hydrogens (tertiary/aromatic N) is 1. The molecule has 2 atom stereocenters. The van der Waals surface area contributed by atoms with Crippen molar-refractivity contribution in [3.63, 3.8) is 0 Å². The van der Waals surface area contributed by atoms with E-state index in [0.717, 1.165) is 22.0 Å². The summed E-state index contributed by atoms with van der Waals surface area (Å²) in [4.78, 5) is 39.3. The van der Waals surface area contributed by atoms with Crippen LogP contribution in [0.3, 0.4) is 0 Å². The Balaban J connectivity index is 1.67. The molecule has 1 aliphatic heterocycles. The lowest BCUT2D eigenvalue weighted by molar-refractivity contribution is -0.139. The van der Waals surface area contributed by atoms with Gasteiger partial charge in [-0.3, -0.25) is 9.59 Å². The van der Waals surface area contributed by atoms with Gasteiger partial charge in [0.05, 0.1) is 7.11 Å². The van der Waals surface area contributed by atoms with Crippen LogP contribution in [0, 0.1) is 5.92 Å². The van der Waals surface area contributed by atoms with Gasteiger partial charge in [-0.15, -0.1) is 0 Å². The van der Waals surface area contributed by atoms with E-state index in [-0.39, 0.29) is 17.7 Å². The first-order chi connectivity index (χ1) is 15.3. The first-order valence-corrected chi connectivity index (χ1v) is 11.4. The van der Waals surface area contributed by atoms with Crippen molar-refractivity contribution in [3.05, 3.63) is 53.0 Å². The molecule has 1 fully saturated rings. The number of halogens is 1. The highest BCUT2D eigenvalue weighted by Crippen LogP contribution is 2.25. The van der Waals surface area contributed by atoms with Crippen LogP contribution in [0.5, 0.6) is 0 Å². The number of carbonyl (C=O) groups is 3. The Morgan fingerprint density at radius 2 is 1.62 bits per heavy atom. The van der Waals surface area contributed by atoms with Crippen LogP contribution in [0.25, 0.3) is 11.1 Å². The van der Waals surface area contributed by atoms with Gasteiger partial charge in [-0.05, 0) is 54.2 Å². The second-order valence-corrected chi connectivity index (χ2v) is 9.04. The van der Waals surface area contributed by atoms with Crippen molar-refractivity contribution in [1.29, 1.82) is 0 Å². The molecule has 3 amide bonds. The number of amides is 3. The van der Waals surface area contributed by atoms with E-state index in [0.29, 0.717) is 18.7 Å². The summed E-state index contributed by atoms with van der Waals surface area (Å²) in [7, 11) is 1.26. The second kappa shape index (κ2) is 10.6. The lowest BCUT2D eigenvalue weighted by atomic mass is 10.0. The summed E-state index contributed by atoms with van der Waals surface area (Å²) >= 11 is 3.43. The topological polar surface area (TPSA) is 87.7 Å². The predicted octanol–water partition coefficient (Wildman–Crippen LogP) is 4.43. The van der Waals surface area contributed by atoms with E-state index in [2.05, 4.69) is 31.3 Å². The smallest absolute Gasteiger partial charge is 0.407 e. The molecule has 1 aliphatic rings. The van der Waals surface area contributed by atoms with Gasteiger partial charge in [-0.2, -0.15) is 0 Å². The maximum absolute atomic E-state index is 13.1. The number of likely N-dealkylation sites (tertiary alicyclic amines) is 1. The fourth-order valence-electron chi connectivity index (χ4n) is 3.80. The molecule has 0 spiro atoms. The van der Waals surface area contributed by atoms with E-state index in [4.69, 9.17) is 0 Å². The van der Waals surface area contributed by atoms with E-state index in [9.17, 15) is 14.4 Å². The molecule has 1 saturated heterocycles. The van der Waals surface area contributed by atoms with E-state index in [1.165, 1.54) is 7.11 Å². The van der Waals surface area contributed by atoms with Crippen molar-refractivity contribution in [3.8, 4) is 11.1 Å².